The van der Waals surface area contributed by atoms with E-state index in [1.165, 1.54) is 10.9 Å². The van der Waals surface area contributed by atoms with Crippen LogP contribution in [0.2, 0.25) is 0 Å². The van der Waals surface area contributed by atoms with E-state index in [4.69, 9.17) is 18.9 Å². The number of hydrogen-bond acceptors (Lipinski definition) is 6. The molecule has 0 radical (unpaired) electrons. The van der Waals surface area contributed by atoms with Crippen LogP contribution in [0.5, 0.6) is 0 Å². The van der Waals surface area contributed by atoms with Gasteiger partial charge in [-0.2, -0.15) is 0 Å². The van der Waals surface area contributed by atoms with Crippen LogP contribution in [-0.2, 0) is 18.9 Å². The molecule has 3 heterocycles. The SMILES string of the molecule is C=CC[C@H]1O[C@@H]2COC(C)(C)O[C@@H]2[C@H](n2cc(-c3ccc(F)c(F)c3F)nn2)[C@H]1OC. The summed E-state index contributed by atoms with van der Waals surface area (Å²) in [5.41, 5.74) is -0.139. The summed E-state index contributed by atoms with van der Waals surface area (Å²) in [7, 11) is 1.55. The van der Waals surface area contributed by atoms with Gasteiger partial charge in [-0.1, -0.05) is 11.3 Å². The molecule has 31 heavy (non-hydrogen) atoms. The topological polar surface area (TPSA) is 67.6 Å². The van der Waals surface area contributed by atoms with Gasteiger partial charge in [0.15, 0.2) is 23.2 Å². The molecule has 0 aliphatic carbocycles. The van der Waals surface area contributed by atoms with Crippen molar-refractivity contribution in [1.82, 2.24) is 15.0 Å². The Morgan fingerprint density at radius 1 is 1.29 bits per heavy atom. The molecule has 2 fully saturated rings. The lowest BCUT2D eigenvalue weighted by molar-refractivity contribution is -0.349. The summed E-state index contributed by atoms with van der Waals surface area (Å²) in [4.78, 5) is 0. The Morgan fingerprint density at radius 2 is 2.06 bits per heavy atom. The second-order valence-corrected chi connectivity index (χ2v) is 8.03. The molecular weight excluding hydrogens is 415 g/mol. The summed E-state index contributed by atoms with van der Waals surface area (Å²) in [5.74, 6) is -5.02. The predicted molar refractivity (Wildman–Crippen MR) is 104 cm³/mol. The van der Waals surface area contributed by atoms with Crippen LogP contribution >= 0.6 is 0 Å². The van der Waals surface area contributed by atoms with Crippen LogP contribution in [0.25, 0.3) is 11.3 Å². The zero-order chi connectivity index (χ0) is 22.3. The molecule has 0 N–H and O–H groups in total. The summed E-state index contributed by atoms with van der Waals surface area (Å²) in [6.45, 7) is 7.67. The minimum atomic E-state index is -1.56. The highest BCUT2D eigenvalue weighted by atomic mass is 19.2. The molecule has 168 valence electrons. The van der Waals surface area contributed by atoms with E-state index in [0.717, 1.165) is 12.1 Å². The number of fused-ring (bicyclic) bond motifs is 1. The fourth-order valence-corrected chi connectivity index (χ4v) is 4.15. The van der Waals surface area contributed by atoms with Crippen molar-refractivity contribution in [2.24, 2.45) is 0 Å². The van der Waals surface area contributed by atoms with Gasteiger partial charge in [0.2, 0.25) is 0 Å². The third-order valence-electron chi connectivity index (χ3n) is 5.57. The highest BCUT2D eigenvalue weighted by Crippen LogP contribution is 2.40. The molecule has 1 aromatic heterocycles. The van der Waals surface area contributed by atoms with E-state index in [1.807, 2.05) is 0 Å². The molecule has 10 heteroatoms. The third kappa shape index (κ3) is 4.00. The molecular formula is C21H24F3N3O4. The van der Waals surface area contributed by atoms with Crippen LogP contribution in [0.3, 0.4) is 0 Å². The number of benzene rings is 1. The summed E-state index contributed by atoms with van der Waals surface area (Å²) < 4.78 is 66.6. The number of aromatic nitrogens is 3. The predicted octanol–water partition coefficient (Wildman–Crippen LogP) is 3.41. The monoisotopic (exact) mass is 439 g/mol. The first kappa shape index (κ1) is 21.9. The molecule has 4 rings (SSSR count). The highest BCUT2D eigenvalue weighted by molar-refractivity contribution is 5.58. The van der Waals surface area contributed by atoms with Gasteiger partial charge in [-0.25, -0.2) is 17.9 Å². The van der Waals surface area contributed by atoms with Gasteiger partial charge in [0.25, 0.3) is 0 Å². The van der Waals surface area contributed by atoms with Gasteiger partial charge >= 0.3 is 0 Å². The van der Waals surface area contributed by atoms with Crippen LogP contribution < -0.4 is 0 Å². The second kappa shape index (κ2) is 8.34. The molecule has 7 nitrogen and oxygen atoms in total. The van der Waals surface area contributed by atoms with Crippen LogP contribution in [-0.4, -0.2) is 58.9 Å². The molecule has 0 unspecified atom stereocenters. The van der Waals surface area contributed by atoms with Crippen molar-refractivity contribution >= 4 is 0 Å². The Bertz CT molecular complexity index is 967. The molecule has 0 amide bonds. The Balaban J connectivity index is 1.74. The summed E-state index contributed by atoms with van der Waals surface area (Å²) >= 11 is 0. The van der Waals surface area contributed by atoms with E-state index >= 15 is 0 Å². The van der Waals surface area contributed by atoms with Gasteiger partial charge in [-0.15, -0.1) is 11.7 Å². The first-order valence-corrected chi connectivity index (χ1v) is 9.92. The van der Waals surface area contributed by atoms with E-state index in [2.05, 4.69) is 16.9 Å². The summed E-state index contributed by atoms with van der Waals surface area (Å²) in [6, 6.07) is 1.47. The number of halogens is 3. The number of methoxy groups -OCH3 is 1. The van der Waals surface area contributed by atoms with Crippen LogP contribution in [0, 0.1) is 17.5 Å². The maximum atomic E-state index is 14.3. The quantitative estimate of drug-likeness (QED) is 0.526. The van der Waals surface area contributed by atoms with E-state index < -0.39 is 47.6 Å². The largest absolute Gasteiger partial charge is 0.376 e. The molecule has 2 aliphatic rings. The van der Waals surface area contributed by atoms with E-state index in [-0.39, 0.29) is 17.4 Å². The molecule has 2 saturated heterocycles. The fraction of sp³-hybridized carbons (Fsp3) is 0.524. The Morgan fingerprint density at radius 3 is 2.77 bits per heavy atom. The average molecular weight is 439 g/mol. The van der Waals surface area contributed by atoms with Crippen molar-refractivity contribution in [3.8, 4) is 11.3 Å². The lowest BCUT2D eigenvalue weighted by Gasteiger charge is -2.51. The number of rotatable bonds is 5. The number of hydrogen-bond donors (Lipinski definition) is 0. The first-order valence-electron chi connectivity index (χ1n) is 9.92. The van der Waals surface area contributed by atoms with Crippen LogP contribution in [0.15, 0.2) is 31.0 Å². The Labute approximate surface area is 177 Å². The minimum absolute atomic E-state index is 0.0564. The van der Waals surface area contributed by atoms with Gasteiger partial charge in [-0.3, -0.25) is 0 Å². The maximum absolute atomic E-state index is 14.3. The number of nitrogens with zero attached hydrogens (tertiary/aromatic N) is 3. The maximum Gasteiger partial charge on any atom is 0.195 e. The summed E-state index contributed by atoms with van der Waals surface area (Å²) in [5, 5.41) is 8.13. The van der Waals surface area contributed by atoms with Gasteiger partial charge in [0.05, 0.1) is 18.9 Å². The van der Waals surface area contributed by atoms with Crippen molar-refractivity contribution in [2.75, 3.05) is 13.7 Å². The minimum Gasteiger partial charge on any atom is -0.376 e. The van der Waals surface area contributed by atoms with Crippen molar-refractivity contribution < 1.29 is 32.1 Å². The highest BCUT2D eigenvalue weighted by Gasteiger charge is 2.52. The van der Waals surface area contributed by atoms with Crippen molar-refractivity contribution in [3.05, 3.63) is 48.4 Å². The second-order valence-electron chi connectivity index (χ2n) is 8.03. The van der Waals surface area contributed by atoms with E-state index in [0.29, 0.717) is 13.0 Å². The van der Waals surface area contributed by atoms with E-state index in [9.17, 15) is 13.2 Å². The zero-order valence-corrected chi connectivity index (χ0v) is 17.4. The zero-order valence-electron chi connectivity index (χ0n) is 17.4. The van der Waals surface area contributed by atoms with Gasteiger partial charge in [0, 0.05) is 12.7 Å². The van der Waals surface area contributed by atoms with Gasteiger partial charge in [0.1, 0.15) is 30.0 Å². The van der Waals surface area contributed by atoms with Gasteiger partial charge in [-0.05, 0) is 32.4 Å². The normalized spacial score (nSPS) is 30.1. The molecule has 2 aromatic rings. The van der Waals surface area contributed by atoms with Crippen molar-refractivity contribution in [2.45, 2.75) is 56.5 Å². The molecule has 0 saturated carbocycles. The van der Waals surface area contributed by atoms with Crippen LogP contribution in [0.4, 0.5) is 13.2 Å². The average Bonchev–Trinajstić information content (AvgIpc) is 3.20. The first-order chi connectivity index (χ1) is 14.8. The van der Waals surface area contributed by atoms with E-state index in [1.54, 1.807) is 27.0 Å². The Kier molecular flexibility index (Phi) is 5.91. The molecule has 1 aromatic carbocycles. The third-order valence-corrected chi connectivity index (χ3v) is 5.57. The Hall–Kier alpha value is -2.27. The summed E-state index contributed by atoms with van der Waals surface area (Å²) in [6.07, 6.45) is 1.96. The standard InChI is InChI=1S/C21H24F3N3O4/c1-5-6-14-19(28-4)18(20-15(30-14)10-29-21(2,3)31-20)27-9-13(25-26-27)11-7-8-12(22)17(24)16(11)23/h5,7-9,14-15,18-20H,1,6,10H2,2-4H3/t14-,15-,18-,19+,20+/m1/s1. The van der Waals surface area contributed by atoms with Gasteiger partial charge < -0.3 is 18.9 Å². The molecule has 0 bridgehead atoms. The molecule has 5 atom stereocenters. The number of ether oxygens (including phenoxy) is 4. The lowest BCUT2D eigenvalue weighted by atomic mass is 9.90. The smallest absolute Gasteiger partial charge is 0.195 e. The fourth-order valence-electron chi connectivity index (χ4n) is 4.15. The van der Waals surface area contributed by atoms with Crippen molar-refractivity contribution in [1.29, 1.82) is 0 Å². The molecule has 0 spiro atoms. The molecule has 2 aliphatic heterocycles. The lowest BCUT2D eigenvalue weighted by Crippen LogP contribution is -2.62. The van der Waals surface area contributed by atoms with Crippen molar-refractivity contribution in [3.63, 3.8) is 0 Å². The van der Waals surface area contributed by atoms with Crippen LogP contribution in [0.1, 0.15) is 26.3 Å².